The number of hydrogen-bond donors (Lipinski definition) is 0. The molecular weight excluding hydrogens is 140 g/mol. The van der Waals surface area contributed by atoms with E-state index in [2.05, 4.69) is 6.07 Å². The summed E-state index contributed by atoms with van der Waals surface area (Å²) in [4.78, 5) is 0. The quantitative estimate of drug-likeness (QED) is 0.603. The van der Waals surface area contributed by atoms with Crippen LogP contribution in [0.15, 0.2) is 24.3 Å². The molecule has 0 unspecified atom stereocenters. The Morgan fingerprint density at radius 1 is 1.36 bits per heavy atom. The van der Waals surface area contributed by atoms with Gasteiger partial charge in [0.05, 0.1) is 13.2 Å². The second kappa shape index (κ2) is 3.03. The summed E-state index contributed by atoms with van der Waals surface area (Å²) in [7, 11) is 0. The first kappa shape index (κ1) is 6.83. The summed E-state index contributed by atoms with van der Waals surface area (Å²) in [5, 5.41) is 0. The summed E-state index contributed by atoms with van der Waals surface area (Å²) >= 11 is 0. The van der Waals surface area contributed by atoms with Gasteiger partial charge in [0.1, 0.15) is 0 Å². The highest BCUT2D eigenvalue weighted by atomic mass is 16.7. The van der Waals surface area contributed by atoms with Gasteiger partial charge in [-0.1, -0.05) is 18.2 Å². The van der Waals surface area contributed by atoms with E-state index in [9.17, 15) is 0 Å². The molecule has 11 heavy (non-hydrogen) atoms. The second-order valence-corrected chi connectivity index (χ2v) is 2.41. The lowest BCUT2D eigenvalue weighted by Gasteiger charge is -2.07. The number of benzene rings is 1. The summed E-state index contributed by atoms with van der Waals surface area (Å²) < 4.78 is 10.6. The molecule has 1 fully saturated rings. The van der Waals surface area contributed by atoms with Gasteiger partial charge in [0.2, 0.25) is 0 Å². The fraction of sp³-hybridized carbons (Fsp3) is 0.333. The number of rotatable bonds is 1. The predicted octanol–water partition coefficient (Wildman–Crippen LogP) is 1.53. The Hall–Kier alpha value is -0.860. The minimum absolute atomic E-state index is 0.160. The monoisotopic (exact) mass is 149 g/mol. The van der Waals surface area contributed by atoms with Crippen LogP contribution < -0.4 is 0 Å². The van der Waals surface area contributed by atoms with Crippen LogP contribution in [-0.2, 0) is 9.47 Å². The fourth-order valence-electron chi connectivity index (χ4n) is 1.10. The molecule has 1 aliphatic rings. The summed E-state index contributed by atoms with van der Waals surface area (Å²) in [5.41, 5.74) is 1.05. The van der Waals surface area contributed by atoms with Gasteiger partial charge in [-0.3, -0.25) is 0 Å². The Balaban J connectivity index is 2.16. The molecule has 0 saturated carbocycles. The third kappa shape index (κ3) is 1.42. The normalized spacial score (nSPS) is 18.9. The highest BCUT2D eigenvalue weighted by Crippen LogP contribution is 2.21. The van der Waals surface area contributed by atoms with E-state index in [1.54, 1.807) is 0 Å². The van der Waals surface area contributed by atoms with Gasteiger partial charge in [0.15, 0.2) is 6.29 Å². The van der Waals surface area contributed by atoms with Crippen molar-refractivity contribution < 1.29 is 9.47 Å². The van der Waals surface area contributed by atoms with Crippen LogP contribution in [0, 0.1) is 6.07 Å². The van der Waals surface area contributed by atoms with Gasteiger partial charge in [0.25, 0.3) is 0 Å². The van der Waals surface area contributed by atoms with Gasteiger partial charge in [-0.25, -0.2) is 0 Å². The molecule has 0 aromatic heterocycles. The minimum atomic E-state index is -0.160. The number of hydrogen-bond acceptors (Lipinski definition) is 2. The van der Waals surface area contributed by atoms with E-state index < -0.39 is 0 Å². The number of ether oxygens (including phenoxy) is 2. The highest BCUT2D eigenvalue weighted by molar-refractivity contribution is 5.15. The molecule has 1 aromatic carbocycles. The van der Waals surface area contributed by atoms with Crippen LogP contribution in [-0.4, -0.2) is 13.2 Å². The van der Waals surface area contributed by atoms with Crippen molar-refractivity contribution in [3.63, 3.8) is 0 Å². The average Bonchev–Trinajstić information content (AvgIpc) is 2.58. The maximum absolute atomic E-state index is 5.30. The fourth-order valence-corrected chi connectivity index (χ4v) is 1.10. The largest absolute Gasteiger partial charge is 0.346 e. The lowest BCUT2D eigenvalue weighted by atomic mass is 10.2. The Labute approximate surface area is 65.7 Å². The Kier molecular flexibility index (Phi) is 1.88. The zero-order valence-electron chi connectivity index (χ0n) is 6.12. The highest BCUT2D eigenvalue weighted by Gasteiger charge is 2.16. The first-order chi connectivity index (χ1) is 5.47. The molecule has 1 heterocycles. The van der Waals surface area contributed by atoms with E-state index in [0.717, 1.165) is 5.56 Å². The first-order valence-corrected chi connectivity index (χ1v) is 3.66. The minimum Gasteiger partial charge on any atom is -0.346 e. The molecule has 57 valence electrons. The van der Waals surface area contributed by atoms with Crippen molar-refractivity contribution in [2.75, 3.05) is 13.2 Å². The van der Waals surface area contributed by atoms with Gasteiger partial charge >= 0.3 is 0 Å². The van der Waals surface area contributed by atoms with Gasteiger partial charge in [-0.05, 0) is 12.1 Å². The van der Waals surface area contributed by atoms with Crippen molar-refractivity contribution in [1.82, 2.24) is 0 Å². The van der Waals surface area contributed by atoms with Crippen LogP contribution in [0.25, 0.3) is 0 Å². The van der Waals surface area contributed by atoms with E-state index in [0.29, 0.717) is 13.2 Å². The van der Waals surface area contributed by atoms with Gasteiger partial charge in [-0.2, -0.15) is 0 Å². The Morgan fingerprint density at radius 2 is 2.18 bits per heavy atom. The SMILES string of the molecule is [c]1cccc(C2OCCO2)c1. The van der Waals surface area contributed by atoms with Crippen molar-refractivity contribution in [1.29, 1.82) is 0 Å². The van der Waals surface area contributed by atoms with E-state index in [1.807, 2.05) is 24.3 Å². The van der Waals surface area contributed by atoms with E-state index in [-0.39, 0.29) is 6.29 Å². The molecule has 1 saturated heterocycles. The summed E-state index contributed by atoms with van der Waals surface area (Å²) in [5.74, 6) is 0. The van der Waals surface area contributed by atoms with Crippen LogP contribution in [0.4, 0.5) is 0 Å². The van der Waals surface area contributed by atoms with Crippen LogP contribution >= 0.6 is 0 Å². The summed E-state index contributed by atoms with van der Waals surface area (Å²) in [6, 6.07) is 10.6. The summed E-state index contributed by atoms with van der Waals surface area (Å²) in [6.07, 6.45) is -0.160. The zero-order chi connectivity index (χ0) is 7.52. The van der Waals surface area contributed by atoms with Crippen molar-refractivity contribution >= 4 is 0 Å². The third-order valence-electron chi connectivity index (χ3n) is 1.63. The topological polar surface area (TPSA) is 18.5 Å². The third-order valence-corrected chi connectivity index (χ3v) is 1.63. The molecule has 1 aromatic rings. The standard InChI is InChI=1S/C9H9O2/c1-2-4-8(5-3-1)9-10-6-7-11-9/h1-2,4-5,9H,6-7H2. The van der Waals surface area contributed by atoms with Crippen molar-refractivity contribution in [3.05, 3.63) is 35.9 Å². The molecule has 0 atom stereocenters. The van der Waals surface area contributed by atoms with Gasteiger partial charge in [0, 0.05) is 5.56 Å². The Morgan fingerprint density at radius 3 is 2.82 bits per heavy atom. The van der Waals surface area contributed by atoms with Crippen molar-refractivity contribution in [2.24, 2.45) is 0 Å². The molecule has 2 nitrogen and oxygen atoms in total. The van der Waals surface area contributed by atoms with E-state index in [4.69, 9.17) is 9.47 Å². The smallest absolute Gasteiger partial charge is 0.184 e. The van der Waals surface area contributed by atoms with Crippen LogP contribution in [0.2, 0.25) is 0 Å². The Bertz CT molecular complexity index is 214. The molecule has 0 bridgehead atoms. The van der Waals surface area contributed by atoms with Crippen molar-refractivity contribution in [3.8, 4) is 0 Å². The van der Waals surface area contributed by atoms with Crippen LogP contribution in [0.5, 0.6) is 0 Å². The van der Waals surface area contributed by atoms with Crippen molar-refractivity contribution in [2.45, 2.75) is 6.29 Å². The second-order valence-electron chi connectivity index (χ2n) is 2.41. The molecule has 1 aliphatic heterocycles. The maximum atomic E-state index is 5.30. The zero-order valence-corrected chi connectivity index (χ0v) is 6.12. The molecule has 2 rings (SSSR count). The van der Waals surface area contributed by atoms with Gasteiger partial charge in [-0.15, -0.1) is 0 Å². The summed E-state index contributed by atoms with van der Waals surface area (Å²) in [6.45, 7) is 1.39. The molecule has 0 N–H and O–H groups in total. The predicted molar refractivity (Wildman–Crippen MR) is 39.9 cm³/mol. The molecular formula is C9H9O2. The van der Waals surface area contributed by atoms with E-state index in [1.165, 1.54) is 0 Å². The van der Waals surface area contributed by atoms with E-state index >= 15 is 0 Å². The molecule has 2 heteroatoms. The van der Waals surface area contributed by atoms with Gasteiger partial charge < -0.3 is 9.47 Å². The molecule has 0 aliphatic carbocycles. The molecule has 0 amide bonds. The van der Waals surface area contributed by atoms with Crippen LogP contribution in [0.1, 0.15) is 11.9 Å². The first-order valence-electron chi connectivity index (χ1n) is 3.66. The maximum Gasteiger partial charge on any atom is 0.184 e. The van der Waals surface area contributed by atoms with Crippen LogP contribution in [0.3, 0.4) is 0 Å². The lowest BCUT2D eigenvalue weighted by Crippen LogP contribution is -1.96. The average molecular weight is 149 g/mol. The molecule has 0 spiro atoms. The lowest BCUT2D eigenvalue weighted by molar-refractivity contribution is -0.0441. The molecule has 1 radical (unpaired) electrons.